The molecule has 23 heteroatoms. The molecule has 0 saturated carbocycles. The standard InChI is InChI=1S/C55H63N19O4/c1-8-50(75)62-40-27-43(65-53-59-35-61-55(67-53)74-21-14-37-31-57-18-12-45(37)74)49(29-47(40)72-23-16-39(72)33-69(4)5)78-25-24-70(6)19-9-10-51(76)63-41-26-42(48(77-7)28-46(41)71-22-15-38(71)32-68(2)3)64-52-58-34-60-54(66-52)73-20-13-36-30-56-17-11-44(36)73/h8-14,17-18,20-21,26-31,34-35,38-39H,1,15-16,19,22-25,32-33H2,2-7H3,(H,62,75)(H,63,76)(H,58,60,64,66)(H,59,61,65,67)/b10-9+/t38-,39-/m1/s1. The first-order valence-electron chi connectivity index (χ1n) is 25.6. The third-order valence-electron chi connectivity index (χ3n) is 13.6. The third kappa shape index (κ3) is 11.8. The van der Waals surface area contributed by atoms with Crippen molar-refractivity contribution < 1.29 is 19.1 Å². The molecule has 8 aromatic rings. The molecule has 2 aliphatic heterocycles. The summed E-state index contributed by atoms with van der Waals surface area (Å²) in [6, 6.07) is 15.8. The first-order valence-corrected chi connectivity index (χ1v) is 25.6. The number of likely N-dealkylation sites (N-methyl/N-ethyl adjacent to an activating group) is 3. The minimum Gasteiger partial charge on any atom is -0.494 e. The molecule has 2 atom stereocenters. The highest BCUT2D eigenvalue weighted by Gasteiger charge is 2.33. The predicted molar refractivity (Wildman–Crippen MR) is 303 cm³/mol. The number of hydrogen-bond acceptors (Lipinski definition) is 19. The van der Waals surface area contributed by atoms with E-state index in [2.05, 4.69) is 110 Å². The largest absolute Gasteiger partial charge is 0.494 e. The van der Waals surface area contributed by atoms with Gasteiger partial charge in [-0.15, -0.1) is 0 Å². The van der Waals surface area contributed by atoms with Crippen LogP contribution in [0.3, 0.4) is 0 Å². The summed E-state index contributed by atoms with van der Waals surface area (Å²) in [6.45, 7) is 8.25. The Labute approximate surface area is 451 Å². The van der Waals surface area contributed by atoms with Crippen molar-refractivity contribution in [3.63, 3.8) is 0 Å². The Morgan fingerprint density at radius 2 is 1.22 bits per heavy atom. The molecular weight excluding hydrogens is 991 g/mol. The van der Waals surface area contributed by atoms with E-state index in [1.807, 2.05) is 83.2 Å². The topological polar surface area (TPSA) is 230 Å². The normalized spacial score (nSPS) is 15.2. The number of amides is 2. The van der Waals surface area contributed by atoms with E-state index in [1.165, 1.54) is 18.7 Å². The van der Waals surface area contributed by atoms with Gasteiger partial charge in [0.15, 0.2) is 0 Å². The fourth-order valence-corrected chi connectivity index (χ4v) is 9.62. The van der Waals surface area contributed by atoms with Crippen LogP contribution in [0.25, 0.3) is 33.7 Å². The lowest BCUT2D eigenvalue weighted by atomic mass is 10.00. The molecule has 0 radical (unpaired) electrons. The SMILES string of the molecule is C=CC(=O)Nc1cc(Nc2ncnc(-n3ccc4cnccc43)n2)c(OCCN(C)C/C=C/C(=O)Nc2cc(Nc3ncnc(-n4ccc5cnccc54)n3)c(OC)cc2N2CC[C@@H]2CN(C)C)cc1N1CC[C@@H]1CN(C)C. The van der Waals surface area contributed by atoms with Gasteiger partial charge in [0, 0.05) is 118 Å². The number of nitrogens with zero attached hydrogens (tertiary/aromatic N) is 15. The van der Waals surface area contributed by atoms with Crippen LogP contribution in [-0.4, -0.2) is 176 Å². The highest BCUT2D eigenvalue weighted by Crippen LogP contribution is 2.43. The van der Waals surface area contributed by atoms with Gasteiger partial charge in [-0.3, -0.25) is 33.6 Å². The number of rotatable bonds is 23. The number of carbonyl (C=O) groups is 2. The summed E-state index contributed by atoms with van der Waals surface area (Å²) in [5.74, 6) is 1.84. The minimum atomic E-state index is -0.345. The van der Waals surface area contributed by atoms with Gasteiger partial charge in [-0.2, -0.15) is 9.97 Å². The van der Waals surface area contributed by atoms with Crippen LogP contribution in [0.5, 0.6) is 11.5 Å². The van der Waals surface area contributed by atoms with Crippen LogP contribution in [-0.2, 0) is 9.59 Å². The second-order valence-corrected chi connectivity index (χ2v) is 19.6. The van der Waals surface area contributed by atoms with Crippen LogP contribution in [0.15, 0.2) is 123 Å². The second-order valence-electron chi connectivity index (χ2n) is 19.6. The van der Waals surface area contributed by atoms with Gasteiger partial charge < -0.3 is 50.3 Å². The van der Waals surface area contributed by atoms with E-state index >= 15 is 0 Å². The van der Waals surface area contributed by atoms with Crippen molar-refractivity contribution in [2.75, 3.05) is 119 Å². The molecule has 2 aromatic carbocycles. The van der Waals surface area contributed by atoms with Crippen molar-refractivity contribution in [1.82, 2.24) is 63.7 Å². The maximum absolute atomic E-state index is 13.9. The molecule has 23 nitrogen and oxygen atoms in total. The maximum atomic E-state index is 13.9. The Balaban J connectivity index is 0.851. The Morgan fingerprint density at radius 1 is 0.692 bits per heavy atom. The van der Waals surface area contributed by atoms with Gasteiger partial charge >= 0.3 is 0 Å². The lowest BCUT2D eigenvalue weighted by Crippen LogP contribution is -2.53. The molecule has 6 aromatic heterocycles. The van der Waals surface area contributed by atoms with Gasteiger partial charge in [-0.05, 0) is 90.6 Å². The van der Waals surface area contributed by atoms with E-state index in [1.54, 1.807) is 38.0 Å². The number of methoxy groups -OCH3 is 1. The number of nitrogens with one attached hydrogen (secondary N) is 4. The number of fused-ring (bicyclic) bond motifs is 2. The van der Waals surface area contributed by atoms with Gasteiger partial charge in [-0.25, -0.2) is 19.9 Å². The summed E-state index contributed by atoms with van der Waals surface area (Å²) in [5.41, 5.74) is 5.74. The average Bonchev–Trinajstić information content (AvgIpc) is 4.15. The van der Waals surface area contributed by atoms with Gasteiger partial charge in [0.05, 0.1) is 52.3 Å². The summed E-state index contributed by atoms with van der Waals surface area (Å²) in [7, 11) is 11.8. The van der Waals surface area contributed by atoms with Crippen molar-refractivity contribution in [3.8, 4) is 23.4 Å². The molecule has 2 aliphatic rings. The van der Waals surface area contributed by atoms with Crippen LogP contribution >= 0.6 is 0 Å². The summed E-state index contributed by atoms with van der Waals surface area (Å²) in [5, 5.41) is 14.8. The van der Waals surface area contributed by atoms with Gasteiger partial charge in [-0.1, -0.05) is 12.7 Å². The number of aromatic nitrogens is 10. The van der Waals surface area contributed by atoms with Crippen molar-refractivity contribution in [2.24, 2.45) is 0 Å². The molecular formula is C55H63N19O4. The fraction of sp³-hybridized carbons (Fsp3) is 0.309. The predicted octanol–water partition coefficient (Wildman–Crippen LogP) is 6.14. The number of anilines is 8. The highest BCUT2D eigenvalue weighted by molar-refractivity contribution is 6.03. The van der Waals surface area contributed by atoms with Gasteiger partial charge in [0.1, 0.15) is 30.8 Å². The molecule has 402 valence electrons. The van der Waals surface area contributed by atoms with Crippen molar-refractivity contribution in [1.29, 1.82) is 0 Å². The molecule has 78 heavy (non-hydrogen) atoms. The smallest absolute Gasteiger partial charge is 0.248 e. The zero-order valence-corrected chi connectivity index (χ0v) is 44.5. The maximum Gasteiger partial charge on any atom is 0.248 e. The van der Waals surface area contributed by atoms with Crippen LogP contribution < -0.4 is 40.5 Å². The van der Waals surface area contributed by atoms with Crippen LogP contribution in [0.4, 0.5) is 46.0 Å². The Bertz CT molecular complexity index is 3490. The average molecular weight is 1050 g/mol. The summed E-state index contributed by atoms with van der Waals surface area (Å²) < 4.78 is 16.3. The fourth-order valence-electron chi connectivity index (χ4n) is 9.62. The van der Waals surface area contributed by atoms with Crippen LogP contribution in [0.1, 0.15) is 12.8 Å². The molecule has 8 heterocycles. The highest BCUT2D eigenvalue weighted by atomic mass is 16.5. The second kappa shape index (κ2) is 23.5. The summed E-state index contributed by atoms with van der Waals surface area (Å²) >= 11 is 0. The molecule has 4 N–H and O–H groups in total. The summed E-state index contributed by atoms with van der Waals surface area (Å²) in [4.78, 5) is 73.4. The Hall–Kier alpha value is -9.06. The van der Waals surface area contributed by atoms with E-state index in [0.717, 1.165) is 72.2 Å². The Morgan fingerprint density at radius 3 is 1.72 bits per heavy atom. The van der Waals surface area contributed by atoms with Gasteiger partial charge in [0.2, 0.25) is 35.6 Å². The van der Waals surface area contributed by atoms with E-state index < -0.39 is 0 Å². The lowest BCUT2D eigenvalue weighted by molar-refractivity contribution is -0.112. The number of pyridine rings is 2. The van der Waals surface area contributed by atoms with Crippen LogP contribution in [0.2, 0.25) is 0 Å². The van der Waals surface area contributed by atoms with E-state index in [4.69, 9.17) is 19.4 Å². The van der Waals surface area contributed by atoms with E-state index in [-0.39, 0.29) is 36.5 Å². The molecule has 10 rings (SSSR count). The zero-order chi connectivity index (χ0) is 54.3. The first kappa shape index (κ1) is 52.4. The summed E-state index contributed by atoms with van der Waals surface area (Å²) in [6.07, 6.45) is 20.3. The van der Waals surface area contributed by atoms with E-state index in [0.29, 0.717) is 65.2 Å². The molecule has 2 saturated heterocycles. The van der Waals surface area contributed by atoms with Crippen molar-refractivity contribution >= 4 is 79.6 Å². The Kier molecular flexibility index (Phi) is 15.7. The zero-order valence-electron chi connectivity index (χ0n) is 44.5. The monoisotopic (exact) mass is 1050 g/mol. The number of ether oxygens (including phenoxy) is 2. The number of carbonyl (C=O) groups excluding carboxylic acids is 2. The molecule has 0 aliphatic carbocycles. The molecule has 0 bridgehead atoms. The molecule has 2 amide bonds. The molecule has 0 unspecified atom stereocenters. The first-order chi connectivity index (χ1) is 37.9. The quantitative estimate of drug-likeness (QED) is 0.0527. The van der Waals surface area contributed by atoms with Crippen molar-refractivity contribution in [2.45, 2.75) is 24.9 Å². The molecule has 0 spiro atoms. The number of benzene rings is 2. The number of hydrogen-bond donors (Lipinski definition) is 4. The minimum absolute atomic E-state index is 0.232. The van der Waals surface area contributed by atoms with E-state index in [9.17, 15) is 9.59 Å². The van der Waals surface area contributed by atoms with Crippen molar-refractivity contribution in [3.05, 3.63) is 123 Å². The molecule has 2 fully saturated rings. The van der Waals surface area contributed by atoms with Crippen LogP contribution in [0, 0.1) is 0 Å². The lowest BCUT2D eigenvalue weighted by Gasteiger charge is -2.45. The van der Waals surface area contributed by atoms with Gasteiger partial charge in [0.25, 0.3) is 0 Å². The third-order valence-corrected chi connectivity index (χ3v) is 13.6.